The number of aliphatic hydroxyl groups is 1. The molecular weight excluding hydrogens is 434 g/mol. The van der Waals surface area contributed by atoms with Gasteiger partial charge in [0.2, 0.25) is 10.0 Å². The topological polar surface area (TPSA) is 102 Å². The van der Waals surface area contributed by atoms with Crippen molar-refractivity contribution in [3.63, 3.8) is 0 Å². The summed E-state index contributed by atoms with van der Waals surface area (Å²) < 4.78 is 42.5. The number of aliphatic hydroxyl groups excluding tert-OH is 1. The molecule has 8 nitrogen and oxygen atoms in total. The molecular formula is C23H35NO7S. The maximum Gasteiger partial charge on any atom is 0.306 e. The van der Waals surface area contributed by atoms with Crippen LogP contribution in [0, 0.1) is 17.8 Å². The van der Waals surface area contributed by atoms with Gasteiger partial charge in [0.05, 0.1) is 37.9 Å². The van der Waals surface area contributed by atoms with E-state index in [0.29, 0.717) is 26.2 Å². The van der Waals surface area contributed by atoms with Crippen LogP contribution < -0.4 is 0 Å². The first-order valence-corrected chi connectivity index (χ1v) is 13.1. The average molecular weight is 470 g/mol. The van der Waals surface area contributed by atoms with E-state index in [0.717, 1.165) is 18.2 Å². The molecule has 1 aromatic rings. The molecule has 5 atom stereocenters. The summed E-state index contributed by atoms with van der Waals surface area (Å²) in [7, 11) is -3.49. The first-order valence-electron chi connectivity index (χ1n) is 11.2. The number of rotatable bonds is 11. The van der Waals surface area contributed by atoms with Crippen LogP contribution in [0.15, 0.2) is 30.3 Å². The lowest BCUT2D eigenvalue weighted by molar-refractivity contribution is -0.153. The predicted molar refractivity (Wildman–Crippen MR) is 119 cm³/mol. The van der Waals surface area contributed by atoms with Crippen molar-refractivity contribution < 1.29 is 32.5 Å². The molecule has 0 spiro atoms. The van der Waals surface area contributed by atoms with E-state index in [1.807, 2.05) is 44.2 Å². The Balaban J connectivity index is 1.68. The van der Waals surface area contributed by atoms with Gasteiger partial charge >= 0.3 is 5.97 Å². The number of carbonyl (C=O) groups excluding carboxylic acids is 1. The Hall–Kier alpha value is -1.52. The summed E-state index contributed by atoms with van der Waals surface area (Å²) >= 11 is 0. The molecule has 3 unspecified atom stereocenters. The van der Waals surface area contributed by atoms with Crippen LogP contribution in [0.25, 0.3) is 0 Å². The Kier molecular flexibility index (Phi) is 8.68. The van der Waals surface area contributed by atoms with Crippen molar-refractivity contribution in [1.82, 2.24) is 4.31 Å². The molecule has 0 amide bonds. The quantitative estimate of drug-likeness (QED) is 0.493. The summed E-state index contributed by atoms with van der Waals surface area (Å²) in [5, 5.41) is 11.0. The zero-order chi connectivity index (χ0) is 23.3. The maximum atomic E-state index is 12.8. The van der Waals surface area contributed by atoms with E-state index >= 15 is 0 Å². The molecule has 0 radical (unpaired) electrons. The van der Waals surface area contributed by atoms with Crippen LogP contribution in [-0.2, 0) is 35.4 Å². The van der Waals surface area contributed by atoms with Gasteiger partial charge in [-0.25, -0.2) is 8.42 Å². The summed E-state index contributed by atoms with van der Waals surface area (Å²) in [4.78, 5) is 12.8. The van der Waals surface area contributed by atoms with E-state index in [2.05, 4.69) is 0 Å². The minimum Gasteiger partial charge on any atom is -0.459 e. The lowest BCUT2D eigenvalue weighted by Crippen LogP contribution is -2.42. The molecule has 1 N–H and O–H groups in total. The second-order valence-corrected chi connectivity index (χ2v) is 11.2. The number of esters is 1. The molecule has 0 bridgehead atoms. The van der Waals surface area contributed by atoms with Crippen molar-refractivity contribution in [2.75, 3.05) is 32.6 Å². The summed E-state index contributed by atoms with van der Waals surface area (Å²) in [5.74, 6) is -0.748. The van der Waals surface area contributed by atoms with E-state index in [1.165, 1.54) is 4.31 Å². The number of nitrogens with zero attached hydrogens (tertiary/aromatic N) is 1. The van der Waals surface area contributed by atoms with Crippen molar-refractivity contribution in [3.8, 4) is 0 Å². The first-order chi connectivity index (χ1) is 15.1. The minimum atomic E-state index is -3.49. The van der Waals surface area contributed by atoms with Gasteiger partial charge in [0.15, 0.2) is 6.29 Å². The Morgan fingerprint density at radius 2 is 1.94 bits per heavy atom. The molecule has 1 aromatic carbocycles. The molecule has 2 saturated heterocycles. The van der Waals surface area contributed by atoms with Crippen molar-refractivity contribution >= 4 is 16.0 Å². The smallest absolute Gasteiger partial charge is 0.306 e. The highest BCUT2D eigenvalue weighted by Gasteiger charge is 2.44. The van der Waals surface area contributed by atoms with E-state index in [4.69, 9.17) is 14.2 Å². The molecule has 0 aromatic heterocycles. The highest BCUT2D eigenvalue weighted by atomic mass is 32.2. The fourth-order valence-corrected chi connectivity index (χ4v) is 5.34. The highest BCUT2D eigenvalue weighted by molar-refractivity contribution is 7.88. The van der Waals surface area contributed by atoms with Crippen LogP contribution in [0.2, 0.25) is 0 Å². The van der Waals surface area contributed by atoms with Crippen LogP contribution in [0.4, 0.5) is 0 Å². The van der Waals surface area contributed by atoms with Gasteiger partial charge in [0, 0.05) is 19.0 Å². The van der Waals surface area contributed by atoms with Crippen LogP contribution in [0.1, 0.15) is 32.3 Å². The molecule has 2 heterocycles. The van der Waals surface area contributed by atoms with Crippen molar-refractivity contribution in [2.24, 2.45) is 17.8 Å². The minimum absolute atomic E-state index is 0.00984. The van der Waals surface area contributed by atoms with Crippen molar-refractivity contribution in [3.05, 3.63) is 35.9 Å². The van der Waals surface area contributed by atoms with Gasteiger partial charge in [-0.15, -0.1) is 0 Å². The first kappa shape index (κ1) is 25.1. The van der Waals surface area contributed by atoms with Crippen LogP contribution in [-0.4, -0.2) is 74.9 Å². The number of fused-ring (bicyclic) bond motifs is 1. The van der Waals surface area contributed by atoms with Crippen molar-refractivity contribution in [2.45, 2.75) is 51.6 Å². The molecule has 2 aliphatic heterocycles. The second kappa shape index (κ2) is 11.1. The number of sulfonamides is 1. The number of ether oxygens (including phenoxy) is 3. The summed E-state index contributed by atoms with van der Waals surface area (Å²) in [6.07, 6.45) is 0.686. The fraction of sp³-hybridized carbons (Fsp3) is 0.696. The number of hydrogen-bond acceptors (Lipinski definition) is 7. The normalized spacial score (nSPS) is 25.1. The standard InChI is InChI=1S/C23H35NO7S/c1-16(2)13-24(32(3,27)28)14-20(25)18(11-17-7-5-4-6-8-17)12-22(26)31-21-15-30-23-19(21)9-10-29-23/h4-8,16,18-21,23,25H,9-15H2,1-3H3/t18-,19?,20-,21?,23?/m1/s1. The molecule has 2 fully saturated rings. The lowest BCUT2D eigenvalue weighted by Gasteiger charge is -2.29. The Morgan fingerprint density at radius 1 is 1.22 bits per heavy atom. The van der Waals surface area contributed by atoms with Crippen LogP contribution >= 0.6 is 0 Å². The largest absolute Gasteiger partial charge is 0.459 e. The Morgan fingerprint density at radius 3 is 2.59 bits per heavy atom. The maximum absolute atomic E-state index is 12.8. The van der Waals surface area contributed by atoms with Crippen LogP contribution in [0.3, 0.4) is 0 Å². The van der Waals surface area contributed by atoms with Gasteiger partial charge in [0.25, 0.3) is 0 Å². The Labute approximate surface area is 190 Å². The van der Waals surface area contributed by atoms with Gasteiger partial charge in [-0.1, -0.05) is 44.2 Å². The third-order valence-electron chi connectivity index (χ3n) is 6.01. The molecule has 2 aliphatic rings. The van der Waals surface area contributed by atoms with Crippen molar-refractivity contribution in [1.29, 1.82) is 0 Å². The molecule has 32 heavy (non-hydrogen) atoms. The average Bonchev–Trinajstić information content (AvgIpc) is 3.32. The summed E-state index contributed by atoms with van der Waals surface area (Å²) in [5.41, 5.74) is 0.965. The molecule has 9 heteroatoms. The SMILES string of the molecule is CC(C)CN(C[C@@H](O)[C@@H](CC(=O)OC1COC2OCCC12)Cc1ccccc1)S(C)(=O)=O. The van der Waals surface area contributed by atoms with E-state index in [1.54, 1.807) is 0 Å². The third kappa shape index (κ3) is 6.99. The third-order valence-corrected chi connectivity index (χ3v) is 7.25. The molecule has 0 aliphatic carbocycles. The van der Waals surface area contributed by atoms with Gasteiger partial charge < -0.3 is 19.3 Å². The summed E-state index contributed by atoms with van der Waals surface area (Å²) in [6, 6.07) is 9.55. The van der Waals surface area contributed by atoms with Gasteiger partial charge in [-0.2, -0.15) is 4.31 Å². The highest BCUT2D eigenvalue weighted by Crippen LogP contribution is 2.33. The molecule has 180 valence electrons. The number of carbonyl (C=O) groups is 1. The fourth-order valence-electron chi connectivity index (χ4n) is 4.35. The molecule has 0 saturated carbocycles. The monoisotopic (exact) mass is 469 g/mol. The number of hydrogen-bond donors (Lipinski definition) is 1. The zero-order valence-electron chi connectivity index (χ0n) is 19.1. The lowest BCUT2D eigenvalue weighted by atomic mass is 9.90. The van der Waals surface area contributed by atoms with E-state index < -0.39 is 28.0 Å². The predicted octanol–water partition coefficient (Wildman–Crippen LogP) is 1.82. The van der Waals surface area contributed by atoms with Gasteiger partial charge in [0.1, 0.15) is 6.10 Å². The summed E-state index contributed by atoms with van der Waals surface area (Å²) in [6.45, 7) is 4.99. The van der Waals surface area contributed by atoms with Gasteiger partial charge in [-0.3, -0.25) is 4.79 Å². The number of benzene rings is 1. The van der Waals surface area contributed by atoms with Crippen LogP contribution in [0.5, 0.6) is 0 Å². The van der Waals surface area contributed by atoms with E-state index in [9.17, 15) is 18.3 Å². The molecule has 3 rings (SSSR count). The zero-order valence-corrected chi connectivity index (χ0v) is 19.9. The van der Waals surface area contributed by atoms with E-state index in [-0.39, 0.29) is 37.2 Å². The second-order valence-electron chi connectivity index (χ2n) is 9.25. The Bertz CT molecular complexity index is 845. The van der Waals surface area contributed by atoms with Gasteiger partial charge in [-0.05, 0) is 24.3 Å².